The molecule has 0 aliphatic rings. The molecule has 10 N–H and O–H groups in total. The second-order valence-electron chi connectivity index (χ2n) is 6.47. The molecule has 2 rings (SSSR count). The van der Waals surface area contributed by atoms with Gasteiger partial charge in [0.1, 0.15) is 6.04 Å². The van der Waals surface area contributed by atoms with Crippen molar-refractivity contribution in [1.29, 1.82) is 0 Å². The van der Waals surface area contributed by atoms with Gasteiger partial charge >= 0.3 is 0 Å². The number of hydrogen-bond acceptors (Lipinski definition) is 7. The van der Waals surface area contributed by atoms with E-state index < -0.39 is 23.9 Å². The van der Waals surface area contributed by atoms with Crippen LogP contribution in [0.1, 0.15) is 21.5 Å². The summed E-state index contributed by atoms with van der Waals surface area (Å²) < 4.78 is 0. The first-order valence-corrected chi connectivity index (χ1v) is 9.31. The van der Waals surface area contributed by atoms with Gasteiger partial charge in [-0.3, -0.25) is 19.6 Å². The summed E-state index contributed by atoms with van der Waals surface area (Å²) in [6, 6.07) is 11.5. The molecule has 0 spiro atoms. The molecule has 0 aliphatic heterocycles. The van der Waals surface area contributed by atoms with Gasteiger partial charge in [-0.1, -0.05) is 11.8 Å². The molecule has 2 aromatic carbocycles. The Kier molecular flexibility index (Phi) is 8.68. The predicted molar refractivity (Wildman–Crippen MR) is 115 cm³/mol. The van der Waals surface area contributed by atoms with Crippen molar-refractivity contribution in [3.05, 3.63) is 65.2 Å². The molecule has 0 aromatic heterocycles. The maximum absolute atomic E-state index is 12.2. The lowest BCUT2D eigenvalue weighted by Gasteiger charge is -2.14. The molecule has 0 saturated heterocycles. The average Bonchev–Trinajstić information content (AvgIpc) is 2.81. The normalized spacial score (nSPS) is 12.0. The first-order chi connectivity index (χ1) is 14.9. The highest BCUT2D eigenvalue weighted by atomic mass is 16.5. The topological polar surface area (TPSA) is 186 Å². The Bertz CT molecular complexity index is 980. The summed E-state index contributed by atoms with van der Waals surface area (Å²) >= 11 is 0. The summed E-state index contributed by atoms with van der Waals surface area (Å²) in [5.41, 5.74) is 20.1. The highest BCUT2D eigenvalue weighted by Gasteiger charge is 2.19. The van der Waals surface area contributed by atoms with Crippen molar-refractivity contribution in [2.75, 3.05) is 18.4 Å². The van der Waals surface area contributed by atoms with Crippen LogP contribution in [0.15, 0.2) is 48.5 Å². The number of anilines is 1. The van der Waals surface area contributed by atoms with E-state index >= 15 is 0 Å². The van der Waals surface area contributed by atoms with E-state index in [1.54, 1.807) is 48.5 Å². The van der Waals surface area contributed by atoms with E-state index in [2.05, 4.69) is 22.5 Å². The first-order valence-electron chi connectivity index (χ1n) is 9.31. The lowest BCUT2D eigenvalue weighted by Crippen LogP contribution is -2.50. The van der Waals surface area contributed by atoms with E-state index in [0.29, 0.717) is 16.8 Å². The summed E-state index contributed by atoms with van der Waals surface area (Å²) in [6.07, 6.45) is 0. The van der Waals surface area contributed by atoms with Crippen LogP contribution in [-0.4, -0.2) is 48.1 Å². The number of amides is 3. The van der Waals surface area contributed by atoms with Crippen molar-refractivity contribution in [2.24, 2.45) is 17.2 Å². The molecule has 162 valence electrons. The summed E-state index contributed by atoms with van der Waals surface area (Å²) in [5, 5.41) is 13.7. The first kappa shape index (κ1) is 23.5. The summed E-state index contributed by atoms with van der Waals surface area (Å²) in [6.45, 7) is -0.106. The molecule has 2 aromatic rings. The minimum absolute atomic E-state index is 0.0570. The Hall–Kier alpha value is -3.75. The number of nitrogens with two attached hydrogens (primary N) is 3. The van der Waals surface area contributed by atoms with Crippen LogP contribution in [-0.2, 0) is 9.59 Å². The molecule has 10 nitrogen and oxygen atoms in total. The molecule has 2 atom stereocenters. The van der Waals surface area contributed by atoms with Crippen LogP contribution >= 0.6 is 0 Å². The van der Waals surface area contributed by atoms with Gasteiger partial charge in [-0.25, -0.2) is 5.48 Å². The number of benzene rings is 2. The molecule has 0 radical (unpaired) electrons. The maximum Gasteiger partial charge on any atom is 0.267 e. The summed E-state index contributed by atoms with van der Waals surface area (Å²) in [4.78, 5) is 35.3. The lowest BCUT2D eigenvalue weighted by molar-refractivity contribution is -0.130. The molecule has 0 fully saturated rings. The predicted octanol–water partition coefficient (Wildman–Crippen LogP) is -1.13. The Morgan fingerprint density at radius 2 is 1.42 bits per heavy atom. The largest absolute Gasteiger partial charge is 0.339 e. The Morgan fingerprint density at radius 1 is 0.871 bits per heavy atom. The van der Waals surface area contributed by atoms with Crippen molar-refractivity contribution in [1.82, 2.24) is 10.8 Å². The minimum Gasteiger partial charge on any atom is -0.339 e. The van der Waals surface area contributed by atoms with Crippen LogP contribution in [0.5, 0.6) is 0 Å². The maximum atomic E-state index is 12.2. The molecule has 0 heterocycles. The number of hydrogen-bond donors (Lipinski definition) is 7. The molecular weight excluding hydrogens is 400 g/mol. The SMILES string of the molecule is NC[C@H](NC(=O)c1ccc(C#Cc2ccc(NC(=O)[C@@H](N)CN)cc2)cc1)C(=O)NO. The van der Waals surface area contributed by atoms with Crippen LogP contribution in [0.4, 0.5) is 5.69 Å². The van der Waals surface area contributed by atoms with Crippen molar-refractivity contribution in [3.63, 3.8) is 0 Å². The van der Waals surface area contributed by atoms with Gasteiger partial charge in [-0.15, -0.1) is 0 Å². The van der Waals surface area contributed by atoms with Gasteiger partial charge in [-0.05, 0) is 48.5 Å². The standard InChI is InChI=1S/C21H24N6O4/c22-11-17(24)20(29)25-16-9-5-14(6-10-16)2-1-13-3-7-15(8-4-13)19(28)26-18(12-23)21(30)27-31/h3-10,17-18,31H,11-12,22-24H2,(H,25,29)(H,26,28)(H,27,30)/t17-,18-/m0/s1. The van der Waals surface area contributed by atoms with Gasteiger partial charge in [0.05, 0.1) is 6.04 Å². The smallest absolute Gasteiger partial charge is 0.267 e. The van der Waals surface area contributed by atoms with Gasteiger partial charge in [0.2, 0.25) is 5.91 Å². The van der Waals surface area contributed by atoms with Crippen molar-refractivity contribution < 1.29 is 19.6 Å². The van der Waals surface area contributed by atoms with E-state index in [9.17, 15) is 14.4 Å². The fourth-order valence-electron chi connectivity index (χ4n) is 2.38. The second-order valence-corrected chi connectivity index (χ2v) is 6.47. The van der Waals surface area contributed by atoms with E-state index in [1.807, 2.05) is 0 Å². The third-order valence-corrected chi connectivity index (χ3v) is 4.21. The molecule has 0 unspecified atom stereocenters. The number of carbonyl (C=O) groups is 3. The van der Waals surface area contributed by atoms with Crippen molar-refractivity contribution in [3.8, 4) is 11.8 Å². The fourth-order valence-corrected chi connectivity index (χ4v) is 2.38. The Labute approximate surface area is 179 Å². The summed E-state index contributed by atoms with van der Waals surface area (Å²) in [5.74, 6) is 4.28. The second kappa shape index (κ2) is 11.4. The third-order valence-electron chi connectivity index (χ3n) is 4.21. The van der Waals surface area contributed by atoms with Crippen LogP contribution in [0.3, 0.4) is 0 Å². The van der Waals surface area contributed by atoms with Crippen LogP contribution in [0.2, 0.25) is 0 Å². The highest BCUT2D eigenvalue weighted by Crippen LogP contribution is 2.10. The zero-order valence-corrected chi connectivity index (χ0v) is 16.6. The number of rotatable bonds is 7. The van der Waals surface area contributed by atoms with Crippen molar-refractivity contribution >= 4 is 23.4 Å². The van der Waals surface area contributed by atoms with Crippen LogP contribution in [0, 0.1) is 11.8 Å². The average molecular weight is 424 g/mol. The van der Waals surface area contributed by atoms with E-state index in [1.165, 1.54) is 5.48 Å². The highest BCUT2D eigenvalue weighted by molar-refractivity contribution is 5.97. The quantitative estimate of drug-likeness (QED) is 0.166. The van der Waals surface area contributed by atoms with Crippen molar-refractivity contribution in [2.45, 2.75) is 12.1 Å². The van der Waals surface area contributed by atoms with Gasteiger partial charge in [0.25, 0.3) is 11.8 Å². The zero-order valence-electron chi connectivity index (χ0n) is 16.6. The third kappa shape index (κ3) is 6.91. The number of carbonyl (C=O) groups excluding carboxylic acids is 3. The molecule has 0 aliphatic carbocycles. The monoisotopic (exact) mass is 424 g/mol. The number of nitrogens with one attached hydrogen (secondary N) is 3. The number of hydroxylamine groups is 1. The van der Waals surface area contributed by atoms with E-state index in [4.69, 9.17) is 22.4 Å². The van der Waals surface area contributed by atoms with Gasteiger partial charge in [0, 0.05) is 35.5 Å². The fraction of sp³-hybridized carbons (Fsp3) is 0.190. The molecule has 10 heteroatoms. The Balaban J connectivity index is 2.00. The molecule has 0 saturated carbocycles. The van der Waals surface area contributed by atoms with Gasteiger partial charge in [0.15, 0.2) is 0 Å². The molecule has 3 amide bonds. The Morgan fingerprint density at radius 3 is 1.90 bits per heavy atom. The molecule has 31 heavy (non-hydrogen) atoms. The van der Waals surface area contributed by atoms with E-state index in [0.717, 1.165) is 5.56 Å². The molecular formula is C21H24N6O4. The minimum atomic E-state index is -1.05. The van der Waals surface area contributed by atoms with Crippen LogP contribution < -0.4 is 33.3 Å². The van der Waals surface area contributed by atoms with Gasteiger partial charge < -0.3 is 27.8 Å². The zero-order chi connectivity index (χ0) is 22.8. The lowest BCUT2D eigenvalue weighted by atomic mass is 10.1. The van der Waals surface area contributed by atoms with Gasteiger partial charge in [-0.2, -0.15) is 0 Å². The summed E-state index contributed by atoms with van der Waals surface area (Å²) in [7, 11) is 0. The van der Waals surface area contributed by atoms with Crippen LogP contribution in [0.25, 0.3) is 0 Å². The molecule has 0 bridgehead atoms. The van der Waals surface area contributed by atoms with E-state index in [-0.39, 0.29) is 19.0 Å².